The molecule has 0 aliphatic rings. The van der Waals surface area contributed by atoms with Crippen molar-refractivity contribution in [3.8, 4) is 11.3 Å². The Morgan fingerprint density at radius 2 is 1.83 bits per heavy atom. The molecule has 0 saturated heterocycles. The first-order valence-corrected chi connectivity index (χ1v) is 5.51. The molecule has 2 aromatic rings. The number of halogens is 1. The van der Waals surface area contributed by atoms with E-state index in [2.05, 4.69) is 10.2 Å². The van der Waals surface area contributed by atoms with Gasteiger partial charge < -0.3 is 15.9 Å². The highest BCUT2D eigenvalue weighted by Gasteiger charge is 2.02. The Balaban J connectivity index is 2.18. The smallest absolute Gasteiger partial charge is 0.211 e. The van der Waals surface area contributed by atoms with Gasteiger partial charge >= 0.3 is 0 Å². The van der Waals surface area contributed by atoms with Crippen molar-refractivity contribution < 1.29 is 4.42 Å². The van der Waals surface area contributed by atoms with Crippen LogP contribution in [0.4, 0.5) is 0 Å². The molecule has 2 rings (SSSR count). The molecule has 0 fully saturated rings. The topological polar surface area (TPSA) is 89.9 Å². The standard InChI is InChI=1S/C12H11ClN4O/c13-9-3-1-8(2-4-9)11-6-5-10(18-11)7-16-17-12(14)15/h1-7H,(H4,14,15,17)/b16-7-. The van der Waals surface area contributed by atoms with Crippen molar-refractivity contribution in [3.63, 3.8) is 0 Å². The molecule has 92 valence electrons. The monoisotopic (exact) mass is 262 g/mol. The van der Waals surface area contributed by atoms with Crippen LogP contribution in [-0.2, 0) is 0 Å². The Morgan fingerprint density at radius 3 is 2.50 bits per heavy atom. The van der Waals surface area contributed by atoms with E-state index in [1.165, 1.54) is 6.21 Å². The van der Waals surface area contributed by atoms with Gasteiger partial charge in [0.05, 0.1) is 6.21 Å². The number of hydrogen-bond acceptors (Lipinski definition) is 3. The third-order valence-corrected chi connectivity index (χ3v) is 2.37. The molecule has 1 heterocycles. The van der Waals surface area contributed by atoms with E-state index in [0.29, 0.717) is 10.8 Å². The lowest BCUT2D eigenvalue weighted by atomic mass is 10.2. The summed E-state index contributed by atoms with van der Waals surface area (Å²) in [6.45, 7) is 0. The third-order valence-electron chi connectivity index (χ3n) is 2.11. The number of nitrogens with two attached hydrogens (primary N) is 2. The predicted octanol–water partition coefficient (Wildman–Crippen LogP) is 2.21. The maximum absolute atomic E-state index is 5.81. The molecule has 6 heteroatoms. The lowest BCUT2D eigenvalue weighted by Crippen LogP contribution is -2.21. The van der Waals surface area contributed by atoms with Crippen LogP contribution in [0.1, 0.15) is 5.76 Å². The van der Waals surface area contributed by atoms with Crippen LogP contribution in [0.25, 0.3) is 11.3 Å². The molecule has 4 N–H and O–H groups in total. The molecule has 0 spiro atoms. The van der Waals surface area contributed by atoms with Crippen LogP contribution in [0, 0.1) is 0 Å². The molecule has 0 aliphatic carbocycles. The van der Waals surface area contributed by atoms with Crippen LogP contribution in [0.3, 0.4) is 0 Å². The maximum Gasteiger partial charge on any atom is 0.211 e. The highest BCUT2D eigenvalue weighted by Crippen LogP contribution is 2.23. The van der Waals surface area contributed by atoms with Gasteiger partial charge in [-0.3, -0.25) is 0 Å². The number of guanidine groups is 1. The van der Waals surface area contributed by atoms with Crippen molar-refractivity contribution in [2.24, 2.45) is 21.7 Å². The normalized spacial score (nSPS) is 10.7. The number of hydrogen-bond donors (Lipinski definition) is 2. The first-order valence-electron chi connectivity index (χ1n) is 5.13. The summed E-state index contributed by atoms with van der Waals surface area (Å²) < 4.78 is 5.55. The van der Waals surface area contributed by atoms with E-state index in [-0.39, 0.29) is 5.96 Å². The van der Waals surface area contributed by atoms with Crippen LogP contribution in [0.2, 0.25) is 5.02 Å². The van der Waals surface area contributed by atoms with E-state index < -0.39 is 0 Å². The summed E-state index contributed by atoms with van der Waals surface area (Å²) in [7, 11) is 0. The predicted molar refractivity (Wildman–Crippen MR) is 72.6 cm³/mol. The largest absolute Gasteiger partial charge is 0.455 e. The van der Waals surface area contributed by atoms with Gasteiger partial charge in [0.1, 0.15) is 11.5 Å². The minimum absolute atomic E-state index is 0.101. The molecule has 0 radical (unpaired) electrons. The Bertz CT molecular complexity index is 582. The minimum atomic E-state index is -0.101. The van der Waals surface area contributed by atoms with E-state index in [1.54, 1.807) is 18.2 Å². The number of rotatable bonds is 3. The lowest BCUT2D eigenvalue weighted by Gasteiger charge is -1.96. The van der Waals surface area contributed by atoms with Crippen molar-refractivity contribution >= 4 is 23.8 Å². The van der Waals surface area contributed by atoms with Gasteiger partial charge in [0.15, 0.2) is 0 Å². The van der Waals surface area contributed by atoms with Gasteiger partial charge in [-0.2, -0.15) is 5.10 Å². The average Bonchev–Trinajstić information content (AvgIpc) is 2.78. The van der Waals surface area contributed by atoms with Crippen LogP contribution in [0.5, 0.6) is 0 Å². The summed E-state index contributed by atoms with van der Waals surface area (Å²) >= 11 is 5.81. The average molecular weight is 263 g/mol. The van der Waals surface area contributed by atoms with Crippen LogP contribution in [-0.4, -0.2) is 12.2 Å². The summed E-state index contributed by atoms with van der Waals surface area (Å²) in [5.74, 6) is 1.18. The van der Waals surface area contributed by atoms with Crippen molar-refractivity contribution in [2.45, 2.75) is 0 Å². The molecule has 0 bridgehead atoms. The fourth-order valence-electron chi connectivity index (χ4n) is 1.34. The maximum atomic E-state index is 5.81. The minimum Gasteiger partial charge on any atom is -0.455 e. The number of nitrogens with zero attached hydrogens (tertiary/aromatic N) is 2. The molecule has 5 nitrogen and oxygen atoms in total. The second-order valence-electron chi connectivity index (χ2n) is 3.48. The molecule has 0 unspecified atom stereocenters. The van der Waals surface area contributed by atoms with Gasteiger partial charge in [0.25, 0.3) is 0 Å². The van der Waals surface area contributed by atoms with Crippen LogP contribution in [0.15, 0.2) is 51.0 Å². The van der Waals surface area contributed by atoms with Crippen LogP contribution < -0.4 is 11.5 Å². The fourth-order valence-corrected chi connectivity index (χ4v) is 1.47. The quantitative estimate of drug-likeness (QED) is 0.505. The molecule has 0 atom stereocenters. The van der Waals surface area contributed by atoms with Gasteiger partial charge in [-0.15, -0.1) is 5.10 Å². The van der Waals surface area contributed by atoms with Gasteiger partial charge in [-0.1, -0.05) is 11.6 Å². The molecule has 1 aromatic carbocycles. The SMILES string of the molecule is NC(N)=N/N=C\c1ccc(-c2ccc(Cl)cc2)o1. The van der Waals surface area contributed by atoms with Crippen molar-refractivity contribution in [2.75, 3.05) is 0 Å². The highest BCUT2D eigenvalue weighted by molar-refractivity contribution is 6.30. The molecular formula is C12H11ClN4O. The van der Waals surface area contributed by atoms with E-state index in [9.17, 15) is 0 Å². The van der Waals surface area contributed by atoms with Crippen molar-refractivity contribution in [3.05, 3.63) is 47.2 Å². The summed E-state index contributed by atoms with van der Waals surface area (Å²) in [5.41, 5.74) is 11.2. The van der Waals surface area contributed by atoms with Gasteiger partial charge in [-0.05, 0) is 36.4 Å². The summed E-state index contributed by atoms with van der Waals surface area (Å²) in [4.78, 5) is 0. The first-order chi connectivity index (χ1) is 8.65. The zero-order valence-electron chi connectivity index (χ0n) is 9.38. The molecule has 18 heavy (non-hydrogen) atoms. The second-order valence-corrected chi connectivity index (χ2v) is 3.91. The number of benzene rings is 1. The van der Waals surface area contributed by atoms with Gasteiger partial charge in [0.2, 0.25) is 5.96 Å². The van der Waals surface area contributed by atoms with Crippen molar-refractivity contribution in [1.82, 2.24) is 0 Å². The molecular weight excluding hydrogens is 252 g/mol. The van der Waals surface area contributed by atoms with E-state index in [4.69, 9.17) is 27.5 Å². The van der Waals surface area contributed by atoms with Gasteiger partial charge in [0, 0.05) is 10.6 Å². The Morgan fingerprint density at radius 1 is 1.11 bits per heavy atom. The lowest BCUT2D eigenvalue weighted by molar-refractivity contribution is 0.575. The second kappa shape index (κ2) is 5.37. The molecule has 1 aromatic heterocycles. The third kappa shape index (κ3) is 3.11. The van der Waals surface area contributed by atoms with E-state index >= 15 is 0 Å². The van der Waals surface area contributed by atoms with E-state index in [0.717, 1.165) is 11.3 Å². The van der Waals surface area contributed by atoms with Gasteiger partial charge in [-0.25, -0.2) is 0 Å². The fraction of sp³-hybridized carbons (Fsp3) is 0. The van der Waals surface area contributed by atoms with Crippen LogP contribution >= 0.6 is 11.6 Å². The first kappa shape index (κ1) is 12.2. The highest BCUT2D eigenvalue weighted by atomic mass is 35.5. The van der Waals surface area contributed by atoms with E-state index in [1.807, 2.05) is 18.2 Å². The molecule has 0 saturated carbocycles. The number of furan rings is 1. The Labute approximate surface area is 109 Å². The summed E-state index contributed by atoms with van der Waals surface area (Å²) in [5, 5.41) is 7.82. The summed E-state index contributed by atoms with van der Waals surface area (Å²) in [6, 6.07) is 10.9. The molecule has 0 aliphatic heterocycles. The molecule has 0 amide bonds. The zero-order valence-corrected chi connectivity index (χ0v) is 10.1. The zero-order chi connectivity index (χ0) is 13.0. The summed E-state index contributed by atoms with van der Waals surface area (Å²) in [6.07, 6.45) is 1.43. The Kier molecular flexibility index (Phi) is 3.64. The Hall–Kier alpha value is -2.27. The van der Waals surface area contributed by atoms with Crippen molar-refractivity contribution in [1.29, 1.82) is 0 Å².